The zero-order chi connectivity index (χ0) is 11.4. The second kappa shape index (κ2) is 5.12. The van der Waals surface area contributed by atoms with Crippen molar-refractivity contribution in [1.29, 1.82) is 0 Å². The van der Waals surface area contributed by atoms with Crippen molar-refractivity contribution in [3.8, 4) is 0 Å². The van der Waals surface area contributed by atoms with Crippen molar-refractivity contribution in [3.05, 3.63) is 36.0 Å². The molecule has 1 heterocycles. The average molecular weight is 218 g/mol. The lowest BCUT2D eigenvalue weighted by Crippen LogP contribution is -2.39. The molecule has 1 aromatic carbocycles. The summed E-state index contributed by atoms with van der Waals surface area (Å²) in [5.74, 6) is 0. The molecule has 4 nitrogen and oxygen atoms in total. The zero-order valence-electron chi connectivity index (χ0n) is 9.24. The maximum atomic E-state index is 5.73. The predicted octanol–water partition coefficient (Wildman–Crippen LogP) is 0.544. The molecule has 0 amide bonds. The van der Waals surface area contributed by atoms with Gasteiger partial charge in [-0.1, -0.05) is 18.2 Å². The van der Waals surface area contributed by atoms with Gasteiger partial charge in [-0.2, -0.15) is 0 Å². The minimum absolute atomic E-state index is 0.0326. The lowest BCUT2D eigenvalue weighted by Gasteiger charge is -2.09. The van der Waals surface area contributed by atoms with Gasteiger partial charge in [0, 0.05) is 42.8 Å². The summed E-state index contributed by atoms with van der Waals surface area (Å²) in [7, 11) is 0. The van der Waals surface area contributed by atoms with Crippen molar-refractivity contribution in [2.24, 2.45) is 11.5 Å². The number of aromatic nitrogens is 1. The second-order valence-electron chi connectivity index (χ2n) is 3.99. The lowest BCUT2D eigenvalue weighted by molar-refractivity contribution is 0.583. The molecule has 2 aromatic rings. The smallest absolute Gasteiger partial charge is 0.0457 e. The van der Waals surface area contributed by atoms with Crippen LogP contribution in [0.1, 0.15) is 5.56 Å². The van der Waals surface area contributed by atoms with Gasteiger partial charge in [-0.25, -0.2) is 0 Å². The molecule has 0 fully saturated rings. The molecular weight excluding hydrogens is 200 g/mol. The standard InChI is InChI=1S/C12H18N4/c13-5-10(14)8-15-6-9-7-16-12-4-2-1-3-11(9)12/h1-4,7,10,15-16H,5-6,8,13-14H2. The molecule has 1 aromatic heterocycles. The number of nitrogens with two attached hydrogens (primary N) is 2. The fourth-order valence-corrected chi connectivity index (χ4v) is 1.75. The molecule has 4 heteroatoms. The van der Waals surface area contributed by atoms with E-state index in [-0.39, 0.29) is 6.04 Å². The maximum Gasteiger partial charge on any atom is 0.0457 e. The number of para-hydroxylation sites is 1. The number of H-pyrrole nitrogens is 1. The molecule has 86 valence electrons. The number of fused-ring (bicyclic) bond motifs is 1. The van der Waals surface area contributed by atoms with Gasteiger partial charge in [-0.05, 0) is 11.6 Å². The van der Waals surface area contributed by atoms with Gasteiger partial charge in [-0.3, -0.25) is 0 Å². The molecule has 0 spiro atoms. The summed E-state index contributed by atoms with van der Waals surface area (Å²) in [5.41, 5.74) is 13.6. The third-order valence-electron chi connectivity index (χ3n) is 2.70. The summed E-state index contributed by atoms with van der Waals surface area (Å²) >= 11 is 0. The summed E-state index contributed by atoms with van der Waals surface area (Å²) in [4.78, 5) is 3.24. The first-order valence-corrected chi connectivity index (χ1v) is 5.52. The van der Waals surface area contributed by atoms with Crippen LogP contribution in [0, 0.1) is 0 Å². The van der Waals surface area contributed by atoms with Gasteiger partial charge < -0.3 is 21.8 Å². The van der Waals surface area contributed by atoms with Crippen LogP contribution in [-0.2, 0) is 6.54 Å². The molecule has 0 saturated carbocycles. The third-order valence-corrected chi connectivity index (χ3v) is 2.70. The highest BCUT2D eigenvalue weighted by Crippen LogP contribution is 2.16. The Morgan fingerprint density at radius 2 is 2.12 bits per heavy atom. The van der Waals surface area contributed by atoms with Crippen molar-refractivity contribution in [2.45, 2.75) is 12.6 Å². The Labute approximate surface area is 95.0 Å². The Hall–Kier alpha value is -1.36. The maximum absolute atomic E-state index is 5.73. The molecular formula is C12H18N4. The number of nitrogens with one attached hydrogen (secondary N) is 2. The van der Waals surface area contributed by atoms with E-state index >= 15 is 0 Å². The van der Waals surface area contributed by atoms with E-state index in [9.17, 15) is 0 Å². The Bertz CT molecular complexity index is 449. The van der Waals surface area contributed by atoms with E-state index in [1.165, 1.54) is 16.5 Å². The molecule has 0 aliphatic rings. The van der Waals surface area contributed by atoms with E-state index in [2.05, 4.69) is 22.4 Å². The molecule has 0 radical (unpaired) electrons. The quantitative estimate of drug-likeness (QED) is 0.591. The number of benzene rings is 1. The van der Waals surface area contributed by atoms with Gasteiger partial charge >= 0.3 is 0 Å². The van der Waals surface area contributed by atoms with Crippen LogP contribution in [0.4, 0.5) is 0 Å². The summed E-state index contributed by atoms with van der Waals surface area (Å²) in [6, 6.07) is 8.30. The van der Waals surface area contributed by atoms with Gasteiger partial charge in [0.15, 0.2) is 0 Å². The fraction of sp³-hybridized carbons (Fsp3) is 0.333. The Kier molecular flexibility index (Phi) is 3.56. The third kappa shape index (κ3) is 2.41. The number of aromatic amines is 1. The highest BCUT2D eigenvalue weighted by molar-refractivity contribution is 5.82. The Morgan fingerprint density at radius 1 is 1.31 bits per heavy atom. The largest absolute Gasteiger partial charge is 0.361 e. The van der Waals surface area contributed by atoms with E-state index in [1.54, 1.807) is 0 Å². The summed E-state index contributed by atoms with van der Waals surface area (Å²) < 4.78 is 0. The van der Waals surface area contributed by atoms with Crippen molar-refractivity contribution in [2.75, 3.05) is 13.1 Å². The highest BCUT2D eigenvalue weighted by Gasteiger charge is 2.03. The summed E-state index contributed by atoms with van der Waals surface area (Å²) in [6.45, 7) is 2.08. The molecule has 1 unspecified atom stereocenters. The summed E-state index contributed by atoms with van der Waals surface area (Å²) in [6.07, 6.45) is 2.03. The molecule has 2 rings (SSSR count). The summed E-state index contributed by atoms with van der Waals surface area (Å²) in [5, 5.41) is 4.57. The number of hydrogen-bond acceptors (Lipinski definition) is 3. The van der Waals surface area contributed by atoms with Crippen LogP contribution in [-0.4, -0.2) is 24.1 Å². The fourth-order valence-electron chi connectivity index (χ4n) is 1.75. The minimum atomic E-state index is 0.0326. The monoisotopic (exact) mass is 218 g/mol. The van der Waals surface area contributed by atoms with Crippen LogP contribution in [0.3, 0.4) is 0 Å². The molecule has 6 N–H and O–H groups in total. The number of rotatable bonds is 5. The number of hydrogen-bond donors (Lipinski definition) is 4. The van der Waals surface area contributed by atoms with E-state index in [0.29, 0.717) is 6.54 Å². The predicted molar refractivity (Wildman–Crippen MR) is 67.0 cm³/mol. The Balaban J connectivity index is 1.99. The normalized spacial score (nSPS) is 13.1. The van der Waals surface area contributed by atoms with Crippen LogP contribution in [0.15, 0.2) is 30.5 Å². The second-order valence-corrected chi connectivity index (χ2v) is 3.99. The SMILES string of the molecule is NCC(N)CNCc1c[nH]c2ccccc12. The molecule has 0 bridgehead atoms. The van der Waals surface area contributed by atoms with Crippen molar-refractivity contribution in [1.82, 2.24) is 10.3 Å². The first-order chi connectivity index (χ1) is 7.81. The molecule has 0 saturated heterocycles. The van der Waals surface area contributed by atoms with E-state index in [1.807, 2.05) is 18.3 Å². The highest BCUT2D eigenvalue weighted by atomic mass is 14.9. The van der Waals surface area contributed by atoms with Gasteiger partial charge in [0.2, 0.25) is 0 Å². The van der Waals surface area contributed by atoms with Crippen LogP contribution >= 0.6 is 0 Å². The first kappa shape index (κ1) is 11.1. The van der Waals surface area contributed by atoms with Crippen molar-refractivity contribution in [3.63, 3.8) is 0 Å². The molecule has 0 aliphatic heterocycles. The molecule has 0 aliphatic carbocycles. The zero-order valence-corrected chi connectivity index (χ0v) is 9.24. The molecule has 16 heavy (non-hydrogen) atoms. The van der Waals surface area contributed by atoms with Gasteiger partial charge in [0.1, 0.15) is 0 Å². The van der Waals surface area contributed by atoms with Crippen LogP contribution < -0.4 is 16.8 Å². The van der Waals surface area contributed by atoms with Crippen LogP contribution in [0.5, 0.6) is 0 Å². The van der Waals surface area contributed by atoms with Gasteiger partial charge in [0.05, 0.1) is 0 Å². The van der Waals surface area contributed by atoms with Crippen molar-refractivity contribution < 1.29 is 0 Å². The van der Waals surface area contributed by atoms with Crippen molar-refractivity contribution >= 4 is 10.9 Å². The first-order valence-electron chi connectivity index (χ1n) is 5.52. The molecule has 1 atom stereocenters. The van der Waals surface area contributed by atoms with E-state index < -0.39 is 0 Å². The topological polar surface area (TPSA) is 79.9 Å². The Morgan fingerprint density at radius 3 is 2.94 bits per heavy atom. The van der Waals surface area contributed by atoms with E-state index in [4.69, 9.17) is 11.5 Å². The van der Waals surface area contributed by atoms with E-state index in [0.717, 1.165) is 13.1 Å². The van der Waals surface area contributed by atoms with Crippen LogP contribution in [0.2, 0.25) is 0 Å². The average Bonchev–Trinajstić information content (AvgIpc) is 2.73. The van der Waals surface area contributed by atoms with Crippen LogP contribution in [0.25, 0.3) is 10.9 Å². The minimum Gasteiger partial charge on any atom is -0.361 e. The van der Waals surface area contributed by atoms with Gasteiger partial charge in [-0.15, -0.1) is 0 Å². The lowest BCUT2D eigenvalue weighted by atomic mass is 10.2. The van der Waals surface area contributed by atoms with Gasteiger partial charge in [0.25, 0.3) is 0 Å².